The first-order valence-corrected chi connectivity index (χ1v) is 5.90. The Labute approximate surface area is 112 Å². The Morgan fingerprint density at radius 3 is 2.89 bits per heavy atom. The largest absolute Gasteiger partial charge is 0.487 e. The Balaban J connectivity index is 2.13. The summed E-state index contributed by atoms with van der Waals surface area (Å²) in [6, 6.07) is 7.86. The molecule has 0 amide bonds. The van der Waals surface area contributed by atoms with Crippen molar-refractivity contribution in [2.75, 3.05) is 0 Å². The molecule has 0 fully saturated rings. The molecule has 0 bridgehead atoms. The summed E-state index contributed by atoms with van der Waals surface area (Å²) in [6.07, 6.45) is 3.17. The summed E-state index contributed by atoms with van der Waals surface area (Å²) < 4.78 is 19.7. The zero-order valence-electron chi connectivity index (χ0n) is 9.23. The molecule has 0 aliphatic rings. The molecule has 1 aromatic carbocycles. The van der Waals surface area contributed by atoms with Gasteiger partial charge in [0.2, 0.25) is 0 Å². The molecular weight excluding hydrogens is 299 g/mol. The first-order chi connectivity index (χ1) is 8.69. The van der Waals surface area contributed by atoms with Crippen molar-refractivity contribution in [3.8, 4) is 11.8 Å². The fourth-order valence-corrected chi connectivity index (χ4v) is 1.73. The van der Waals surface area contributed by atoms with E-state index in [0.29, 0.717) is 16.9 Å². The molecule has 0 saturated heterocycles. The van der Waals surface area contributed by atoms with Gasteiger partial charge in [0.05, 0.1) is 17.8 Å². The molecular formula is C13H8BrFN2O. The minimum atomic E-state index is -0.392. The maximum Gasteiger partial charge on any atom is 0.139 e. The second-order valence-corrected chi connectivity index (χ2v) is 4.46. The van der Waals surface area contributed by atoms with E-state index in [-0.39, 0.29) is 6.61 Å². The topological polar surface area (TPSA) is 45.9 Å². The van der Waals surface area contributed by atoms with Crippen LogP contribution in [0, 0.1) is 17.1 Å². The summed E-state index contributed by atoms with van der Waals surface area (Å²) in [5, 5.41) is 8.75. The number of halogens is 2. The molecule has 3 nitrogen and oxygen atoms in total. The third-order valence-corrected chi connectivity index (χ3v) is 2.68. The summed E-state index contributed by atoms with van der Waals surface area (Å²) in [5.41, 5.74) is 0.747. The number of pyridine rings is 1. The number of hydrogen-bond donors (Lipinski definition) is 0. The maximum atomic E-state index is 13.5. The molecule has 2 aromatic rings. The van der Waals surface area contributed by atoms with E-state index in [2.05, 4.69) is 20.9 Å². The van der Waals surface area contributed by atoms with Gasteiger partial charge in [0, 0.05) is 16.2 Å². The van der Waals surface area contributed by atoms with Gasteiger partial charge >= 0.3 is 0 Å². The van der Waals surface area contributed by atoms with Crippen LogP contribution in [0.1, 0.15) is 11.1 Å². The zero-order chi connectivity index (χ0) is 13.0. The number of benzene rings is 1. The lowest BCUT2D eigenvalue weighted by Crippen LogP contribution is -1.99. The second kappa shape index (κ2) is 5.61. The summed E-state index contributed by atoms with van der Waals surface area (Å²) in [4.78, 5) is 3.93. The van der Waals surface area contributed by atoms with Crippen LogP contribution in [0.2, 0.25) is 0 Å². The number of nitriles is 1. The van der Waals surface area contributed by atoms with Crippen molar-refractivity contribution in [1.82, 2.24) is 4.98 Å². The smallest absolute Gasteiger partial charge is 0.139 e. The molecule has 0 saturated carbocycles. The van der Waals surface area contributed by atoms with Crippen molar-refractivity contribution >= 4 is 15.9 Å². The average molecular weight is 307 g/mol. The van der Waals surface area contributed by atoms with Crippen molar-refractivity contribution in [3.05, 3.63) is 58.1 Å². The van der Waals surface area contributed by atoms with Crippen LogP contribution in [0.15, 0.2) is 41.1 Å². The van der Waals surface area contributed by atoms with Crippen molar-refractivity contribution < 1.29 is 9.13 Å². The average Bonchev–Trinajstić information content (AvgIpc) is 2.38. The van der Waals surface area contributed by atoms with Gasteiger partial charge in [-0.05, 0) is 40.2 Å². The second-order valence-electron chi connectivity index (χ2n) is 3.55. The van der Waals surface area contributed by atoms with Crippen molar-refractivity contribution in [2.24, 2.45) is 0 Å². The molecule has 1 aromatic heterocycles. The molecule has 0 aliphatic carbocycles. The van der Waals surface area contributed by atoms with Crippen LogP contribution in [0.4, 0.5) is 4.39 Å². The van der Waals surface area contributed by atoms with Gasteiger partial charge in [-0.2, -0.15) is 5.26 Å². The van der Waals surface area contributed by atoms with E-state index >= 15 is 0 Å². The summed E-state index contributed by atoms with van der Waals surface area (Å²) >= 11 is 3.27. The Morgan fingerprint density at radius 2 is 2.17 bits per heavy atom. The number of aromatic nitrogens is 1. The standard InChI is InChI=1S/C13H8BrFN2O/c14-11-4-12(7-17-6-11)18-8-10-3-9(5-16)1-2-13(10)15/h1-4,6-7H,8H2. The Morgan fingerprint density at radius 1 is 1.33 bits per heavy atom. The van der Waals surface area contributed by atoms with Crippen LogP contribution in [-0.4, -0.2) is 4.98 Å². The van der Waals surface area contributed by atoms with Crippen LogP contribution in [0.5, 0.6) is 5.75 Å². The Bertz CT molecular complexity index is 610. The lowest BCUT2D eigenvalue weighted by molar-refractivity contribution is 0.298. The minimum absolute atomic E-state index is 0.0550. The maximum absolute atomic E-state index is 13.5. The van der Waals surface area contributed by atoms with E-state index in [1.54, 1.807) is 12.3 Å². The van der Waals surface area contributed by atoms with Crippen LogP contribution >= 0.6 is 15.9 Å². The van der Waals surface area contributed by atoms with E-state index in [4.69, 9.17) is 10.00 Å². The lowest BCUT2D eigenvalue weighted by atomic mass is 10.1. The molecule has 0 N–H and O–H groups in total. The molecule has 0 aliphatic heterocycles. The van der Waals surface area contributed by atoms with Gasteiger partial charge < -0.3 is 4.74 Å². The Hall–Kier alpha value is -1.93. The van der Waals surface area contributed by atoms with E-state index in [1.165, 1.54) is 24.4 Å². The van der Waals surface area contributed by atoms with Crippen LogP contribution < -0.4 is 4.74 Å². The Kier molecular flexibility index (Phi) is 3.90. The normalized spacial score (nSPS) is 9.83. The number of hydrogen-bond acceptors (Lipinski definition) is 3. The van der Waals surface area contributed by atoms with E-state index in [0.717, 1.165) is 4.47 Å². The molecule has 1 heterocycles. The van der Waals surface area contributed by atoms with Gasteiger partial charge in [0.1, 0.15) is 18.2 Å². The highest BCUT2D eigenvalue weighted by Gasteiger charge is 2.05. The van der Waals surface area contributed by atoms with E-state index < -0.39 is 5.82 Å². The van der Waals surface area contributed by atoms with Gasteiger partial charge in [-0.3, -0.25) is 4.98 Å². The summed E-state index contributed by atoms with van der Waals surface area (Å²) in [7, 11) is 0. The molecule has 18 heavy (non-hydrogen) atoms. The first kappa shape index (κ1) is 12.5. The fourth-order valence-electron chi connectivity index (χ4n) is 1.39. The van der Waals surface area contributed by atoms with Gasteiger partial charge in [0.15, 0.2) is 0 Å². The number of rotatable bonds is 3. The van der Waals surface area contributed by atoms with E-state index in [9.17, 15) is 4.39 Å². The predicted molar refractivity (Wildman–Crippen MR) is 67.4 cm³/mol. The van der Waals surface area contributed by atoms with Crippen molar-refractivity contribution in [1.29, 1.82) is 5.26 Å². The van der Waals surface area contributed by atoms with Gasteiger partial charge in [0.25, 0.3) is 0 Å². The van der Waals surface area contributed by atoms with Crippen molar-refractivity contribution in [2.45, 2.75) is 6.61 Å². The van der Waals surface area contributed by atoms with Gasteiger partial charge in [-0.1, -0.05) is 0 Å². The summed E-state index contributed by atoms with van der Waals surface area (Å²) in [6.45, 7) is 0.0550. The molecule has 0 radical (unpaired) electrons. The SMILES string of the molecule is N#Cc1ccc(F)c(COc2cncc(Br)c2)c1. The lowest BCUT2D eigenvalue weighted by Gasteiger charge is -2.07. The molecule has 0 atom stereocenters. The first-order valence-electron chi connectivity index (χ1n) is 5.11. The molecule has 0 unspecified atom stereocenters. The third kappa shape index (κ3) is 3.05. The quantitative estimate of drug-likeness (QED) is 0.872. The van der Waals surface area contributed by atoms with Gasteiger partial charge in [-0.25, -0.2) is 4.39 Å². The molecule has 2 rings (SSSR count). The highest BCUT2D eigenvalue weighted by atomic mass is 79.9. The van der Waals surface area contributed by atoms with Crippen LogP contribution in [-0.2, 0) is 6.61 Å². The number of ether oxygens (including phenoxy) is 1. The highest BCUT2D eigenvalue weighted by Crippen LogP contribution is 2.18. The minimum Gasteiger partial charge on any atom is -0.487 e. The third-order valence-electron chi connectivity index (χ3n) is 2.25. The van der Waals surface area contributed by atoms with Crippen LogP contribution in [0.25, 0.3) is 0 Å². The molecule has 90 valence electrons. The van der Waals surface area contributed by atoms with Crippen molar-refractivity contribution in [3.63, 3.8) is 0 Å². The van der Waals surface area contributed by atoms with Crippen LogP contribution in [0.3, 0.4) is 0 Å². The zero-order valence-corrected chi connectivity index (χ0v) is 10.8. The fraction of sp³-hybridized carbons (Fsp3) is 0.0769. The van der Waals surface area contributed by atoms with E-state index in [1.807, 2.05) is 6.07 Å². The summed E-state index contributed by atoms with van der Waals surface area (Å²) in [5.74, 6) is 0.142. The highest BCUT2D eigenvalue weighted by molar-refractivity contribution is 9.10. The van der Waals surface area contributed by atoms with Gasteiger partial charge in [-0.15, -0.1) is 0 Å². The number of nitrogens with zero attached hydrogens (tertiary/aromatic N) is 2. The monoisotopic (exact) mass is 306 g/mol. The predicted octanol–water partition coefficient (Wildman–Crippen LogP) is 3.43. The molecule has 5 heteroatoms. The molecule has 0 spiro atoms.